The van der Waals surface area contributed by atoms with E-state index in [1.807, 2.05) is 6.92 Å². The zero-order valence-electron chi connectivity index (χ0n) is 9.42. The van der Waals surface area contributed by atoms with Gasteiger partial charge in [-0.1, -0.05) is 13.8 Å². The van der Waals surface area contributed by atoms with Crippen molar-refractivity contribution in [1.29, 1.82) is 5.41 Å². The first-order valence-electron chi connectivity index (χ1n) is 4.90. The number of rotatable bonds is 7. The van der Waals surface area contributed by atoms with E-state index in [-0.39, 0.29) is 5.84 Å². The van der Waals surface area contributed by atoms with E-state index < -0.39 is 15.7 Å². The van der Waals surface area contributed by atoms with Crippen molar-refractivity contribution in [2.75, 3.05) is 6.54 Å². The highest BCUT2D eigenvalue weighted by Gasteiger charge is 2.30. The predicted molar refractivity (Wildman–Crippen MR) is 61.0 cm³/mol. The Bertz CT molecular complexity index is 315. The van der Waals surface area contributed by atoms with Gasteiger partial charge in [-0.3, -0.25) is 5.41 Å². The SMILES string of the molecule is CCCNS(=O)(=O)NC(C)(CC)C(=N)N. The van der Waals surface area contributed by atoms with Gasteiger partial charge in [0, 0.05) is 6.54 Å². The number of hydrogen-bond donors (Lipinski definition) is 4. The van der Waals surface area contributed by atoms with E-state index in [0.29, 0.717) is 19.4 Å². The smallest absolute Gasteiger partial charge is 0.277 e. The molecule has 0 saturated heterocycles. The minimum atomic E-state index is -3.58. The van der Waals surface area contributed by atoms with Crippen LogP contribution < -0.4 is 15.2 Å². The van der Waals surface area contributed by atoms with Crippen molar-refractivity contribution in [2.24, 2.45) is 5.73 Å². The average Bonchev–Trinajstić information content (AvgIpc) is 2.13. The first-order valence-corrected chi connectivity index (χ1v) is 6.38. The summed E-state index contributed by atoms with van der Waals surface area (Å²) in [5, 5.41) is 7.33. The second-order valence-corrected chi connectivity index (χ2v) is 5.10. The fraction of sp³-hybridized carbons (Fsp3) is 0.875. The van der Waals surface area contributed by atoms with Crippen LogP contribution in [0.3, 0.4) is 0 Å². The lowest BCUT2D eigenvalue weighted by molar-refractivity contribution is 0.496. The summed E-state index contributed by atoms with van der Waals surface area (Å²) in [6.07, 6.45) is 1.14. The van der Waals surface area contributed by atoms with Crippen molar-refractivity contribution in [1.82, 2.24) is 9.44 Å². The second-order valence-electron chi connectivity index (χ2n) is 3.60. The molecule has 0 saturated carbocycles. The minimum Gasteiger partial charge on any atom is -0.386 e. The van der Waals surface area contributed by atoms with Gasteiger partial charge in [0.1, 0.15) is 5.84 Å². The summed E-state index contributed by atoms with van der Waals surface area (Å²) in [6, 6.07) is 0. The molecule has 7 heteroatoms. The van der Waals surface area contributed by atoms with Gasteiger partial charge in [0.2, 0.25) is 0 Å². The highest BCUT2D eigenvalue weighted by atomic mass is 32.2. The van der Waals surface area contributed by atoms with Gasteiger partial charge in [-0.25, -0.2) is 4.72 Å². The molecule has 1 unspecified atom stereocenters. The summed E-state index contributed by atoms with van der Waals surface area (Å²) in [5.41, 5.74) is 4.33. The Morgan fingerprint density at radius 1 is 1.47 bits per heavy atom. The van der Waals surface area contributed by atoms with Gasteiger partial charge in [0.05, 0.1) is 5.54 Å². The van der Waals surface area contributed by atoms with Gasteiger partial charge < -0.3 is 5.73 Å². The van der Waals surface area contributed by atoms with Crippen molar-refractivity contribution in [3.8, 4) is 0 Å². The Morgan fingerprint density at radius 3 is 2.33 bits per heavy atom. The Kier molecular flexibility index (Phi) is 5.19. The number of hydrogen-bond acceptors (Lipinski definition) is 3. The molecular formula is C8H20N4O2S. The lowest BCUT2D eigenvalue weighted by atomic mass is 10.00. The molecule has 0 radical (unpaired) electrons. The molecule has 0 aromatic carbocycles. The molecule has 1 atom stereocenters. The molecule has 6 nitrogen and oxygen atoms in total. The maximum absolute atomic E-state index is 11.5. The molecule has 0 heterocycles. The van der Waals surface area contributed by atoms with Crippen LogP contribution in [-0.4, -0.2) is 26.3 Å². The third-order valence-electron chi connectivity index (χ3n) is 2.20. The molecule has 0 aromatic rings. The zero-order valence-corrected chi connectivity index (χ0v) is 10.2. The quantitative estimate of drug-likeness (QED) is 0.367. The third-order valence-corrected chi connectivity index (χ3v) is 3.51. The number of amidine groups is 1. The maximum Gasteiger partial charge on any atom is 0.277 e. The Hall–Kier alpha value is -0.660. The van der Waals surface area contributed by atoms with Crippen molar-refractivity contribution in [2.45, 2.75) is 39.2 Å². The summed E-state index contributed by atoms with van der Waals surface area (Å²) >= 11 is 0. The van der Waals surface area contributed by atoms with Gasteiger partial charge in [0.25, 0.3) is 10.2 Å². The average molecular weight is 236 g/mol. The van der Waals surface area contributed by atoms with E-state index in [1.54, 1.807) is 13.8 Å². The van der Waals surface area contributed by atoms with E-state index in [4.69, 9.17) is 11.1 Å². The van der Waals surface area contributed by atoms with Crippen LogP contribution in [0.1, 0.15) is 33.6 Å². The molecule has 0 spiro atoms. The van der Waals surface area contributed by atoms with Crippen LogP contribution in [0.5, 0.6) is 0 Å². The van der Waals surface area contributed by atoms with Crippen LogP contribution in [0.2, 0.25) is 0 Å². The van der Waals surface area contributed by atoms with Gasteiger partial charge in [-0.2, -0.15) is 13.1 Å². The molecule has 0 aliphatic rings. The standard InChI is InChI=1S/C8H20N4O2S/c1-4-6-11-15(13,14)12-8(3,5-2)7(9)10/h11-12H,4-6H2,1-3H3,(H3,9,10). The molecule has 15 heavy (non-hydrogen) atoms. The van der Waals surface area contributed by atoms with Crippen molar-refractivity contribution in [3.05, 3.63) is 0 Å². The summed E-state index contributed by atoms with van der Waals surface area (Å²) in [4.78, 5) is 0. The molecule has 0 aliphatic heterocycles. The zero-order chi connectivity index (χ0) is 12.1. The van der Waals surface area contributed by atoms with Crippen LogP contribution in [0, 0.1) is 5.41 Å². The van der Waals surface area contributed by atoms with Crippen LogP contribution in [-0.2, 0) is 10.2 Å². The fourth-order valence-corrected chi connectivity index (χ4v) is 2.28. The van der Waals surface area contributed by atoms with E-state index in [2.05, 4.69) is 9.44 Å². The Morgan fingerprint density at radius 2 is 2.00 bits per heavy atom. The Labute approximate surface area is 91.3 Å². The third kappa shape index (κ3) is 4.59. The van der Waals surface area contributed by atoms with Crippen molar-refractivity contribution >= 4 is 16.0 Å². The van der Waals surface area contributed by atoms with E-state index in [1.165, 1.54) is 0 Å². The van der Waals surface area contributed by atoms with Crippen LogP contribution >= 0.6 is 0 Å². The minimum absolute atomic E-state index is 0.188. The van der Waals surface area contributed by atoms with Gasteiger partial charge in [0.15, 0.2) is 0 Å². The summed E-state index contributed by atoms with van der Waals surface area (Å²) in [6.45, 7) is 5.59. The highest BCUT2D eigenvalue weighted by Crippen LogP contribution is 2.09. The van der Waals surface area contributed by atoms with Crippen LogP contribution in [0.15, 0.2) is 0 Å². The molecule has 0 aromatic heterocycles. The number of nitrogens with one attached hydrogen (secondary N) is 3. The molecule has 0 bridgehead atoms. The molecule has 0 aliphatic carbocycles. The molecule has 90 valence electrons. The number of nitrogens with two attached hydrogens (primary N) is 1. The fourth-order valence-electron chi connectivity index (χ4n) is 0.887. The highest BCUT2D eigenvalue weighted by molar-refractivity contribution is 7.87. The second kappa shape index (κ2) is 5.43. The lowest BCUT2D eigenvalue weighted by Crippen LogP contribution is -2.57. The Balaban J connectivity index is 4.62. The molecule has 0 rings (SSSR count). The molecule has 0 fully saturated rings. The van der Waals surface area contributed by atoms with Crippen molar-refractivity contribution < 1.29 is 8.42 Å². The molecule has 5 N–H and O–H groups in total. The predicted octanol–water partition coefficient (Wildman–Crippen LogP) is -0.0749. The van der Waals surface area contributed by atoms with E-state index in [0.717, 1.165) is 0 Å². The van der Waals surface area contributed by atoms with Gasteiger partial charge in [-0.15, -0.1) is 0 Å². The van der Waals surface area contributed by atoms with E-state index >= 15 is 0 Å². The molecule has 0 amide bonds. The maximum atomic E-state index is 11.5. The first kappa shape index (κ1) is 14.3. The van der Waals surface area contributed by atoms with Gasteiger partial charge >= 0.3 is 0 Å². The van der Waals surface area contributed by atoms with Gasteiger partial charge in [-0.05, 0) is 19.8 Å². The lowest BCUT2D eigenvalue weighted by Gasteiger charge is -2.27. The first-order chi connectivity index (χ1) is 6.77. The monoisotopic (exact) mass is 236 g/mol. The van der Waals surface area contributed by atoms with Crippen molar-refractivity contribution in [3.63, 3.8) is 0 Å². The largest absolute Gasteiger partial charge is 0.386 e. The summed E-state index contributed by atoms with van der Waals surface area (Å²) < 4.78 is 27.7. The normalized spacial score (nSPS) is 15.9. The topological polar surface area (TPSA) is 108 Å². The van der Waals surface area contributed by atoms with Crippen LogP contribution in [0.4, 0.5) is 0 Å². The van der Waals surface area contributed by atoms with E-state index in [9.17, 15) is 8.42 Å². The molecular weight excluding hydrogens is 216 g/mol. The van der Waals surface area contributed by atoms with Crippen LogP contribution in [0.25, 0.3) is 0 Å². The summed E-state index contributed by atoms with van der Waals surface area (Å²) in [7, 11) is -3.58. The summed E-state index contributed by atoms with van der Waals surface area (Å²) in [5.74, 6) is -0.188.